The monoisotopic (exact) mass is 980 g/mol. The fourth-order valence-corrected chi connectivity index (χ4v) is 7.62. The van der Waals surface area contributed by atoms with E-state index in [1.807, 2.05) is 0 Å². The number of carbonyl (C=O) groups is 2. The van der Waals surface area contributed by atoms with Gasteiger partial charge in [0.1, 0.15) is 70.5 Å². The molecule has 30 nitrogen and oxygen atoms in total. The third-order valence-electron chi connectivity index (χ3n) is 9.24. The van der Waals surface area contributed by atoms with Gasteiger partial charge in [-0.1, -0.05) is 0 Å². The highest BCUT2D eigenvalue weighted by Crippen LogP contribution is 2.45. The second-order valence-corrected chi connectivity index (χ2v) is 20.1. The van der Waals surface area contributed by atoms with Crippen LogP contribution < -0.4 is 22.9 Å². The predicted molar refractivity (Wildman–Crippen MR) is 222 cm³/mol. The van der Waals surface area contributed by atoms with Crippen LogP contribution in [-0.2, 0) is 60.2 Å². The lowest BCUT2D eigenvalue weighted by atomic mass is 10.1. The van der Waals surface area contributed by atoms with Crippen molar-refractivity contribution in [2.24, 2.45) is 11.5 Å². The van der Waals surface area contributed by atoms with Gasteiger partial charge in [0.05, 0.1) is 39.0 Å². The summed E-state index contributed by atoms with van der Waals surface area (Å²) in [4.78, 5) is 87.1. The van der Waals surface area contributed by atoms with Crippen molar-refractivity contribution >= 4 is 61.1 Å². The van der Waals surface area contributed by atoms with E-state index in [9.17, 15) is 58.7 Å². The summed E-state index contributed by atoms with van der Waals surface area (Å²) in [5.41, 5.74) is 21.7. The maximum atomic E-state index is 12.2. The topological polar surface area (TPSA) is 477 Å². The minimum absolute atomic E-state index is 0.00703. The van der Waals surface area contributed by atoms with Gasteiger partial charge >= 0.3 is 27.1 Å². The summed E-state index contributed by atoms with van der Waals surface area (Å²) in [5.74, 6) is -6.46. The van der Waals surface area contributed by atoms with Crippen LogP contribution in [0.25, 0.3) is 22.3 Å². The van der Waals surface area contributed by atoms with E-state index in [0.717, 1.165) is 0 Å². The molecule has 0 aliphatic carbocycles. The van der Waals surface area contributed by atoms with Gasteiger partial charge in [-0.2, -0.15) is 0 Å². The molecule has 0 amide bonds. The van der Waals surface area contributed by atoms with Crippen molar-refractivity contribution in [3.05, 3.63) is 24.3 Å². The number of esters is 2. The zero-order valence-corrected chi connectivity index (χ0v) is 38.0. The van der Waals surface area contributed by atoms with Crippen LogP contribution in [0, 0.1) is 0 Å². The Balaban J connectivity index is 0.000000247. The van der Waals surface area contributed by atoms with Gasteiger partial charge in [0.15, 0.2) is 35.4 Å². The van der Waals surface area contributed by atoms with Gasteiger partial charge < -0.3 is 91.4 Å². The lowest BCUT2D eigenvalue weighted by Gasteiger charge is -2.25. The minimum Gasteiger partial charge on any atom is -0.458 e. The molecule has 0 aromatic carbocycles. The zero-order chi connectivity index (χ0) is 49.4. The molecule has 0 radical (unpaired) electrons. The summed E-state index contributed by atoms with van der Waals surface area (Å²) in [6.45, 7) is 7.84. The fourth-order valence-electron chi connectivity index (χ4n) is 6.40. The molecule has 2 saturated heterocycles. The molecule has 4 aromatic heterocycles. The Bertz CT molecular complexity index is 2300. The maximum absolute atomic E-state index is 12.2. The molecular weight excluding hydrogens is 926 g/mol. The standard InChI is InChI=1S/2C17H27N6O9P/c2*1-17(2,3)32-15(26)16(33(27,28)29)30-5-7-10(24)11(25)14(31-7)23-6-20-9-12(19)21-8(4-18)22-13(9)23/h2*6-7,10-11,14,16,24-25H,4-5,18H2,1-3H3,(H2,19,21,22)(H2,27,28,29)/t7-,10-,11-,14-,16+;7-,10-,11-,14-,16-/m11/s1. The van der Waals surface area contributed by atoms with Crippen LogP contribution in [-0.4, -0.2) is 164 Å². The molecule has 2 fully saturated rings. The first kappa shape index (κ1) is 52.5. The summed E-state index contributed by atoms with van der Waals surface area (Å²) >= 11 is 0. The van der Waals surface area contributed by atoms with E-state index in [1.165, 1.54) is 63.3 Å². The lowest BCUT2D eigenvalue weighted by Crippen LogP contribution is -2.38. The molecule has 368 valence electrons. The van der Waals surface area contributed by atoms with E-state index in [1.54, 1.807) is 0 Å². The van der Waals surface area contributed by atoms with Crippen molar-refractivity contribution in [1.82, 2.24) is 39.0 Å². The Kier molecular flexibility index (Phi) is 15.9. The first-order valence-electron chi connectivity index (χ1n) is 19.7. The van der Waals surface area contributed by atoms with E-state index < -0.39 is 112 Å². The second-order valence-electron chi connectivity index (χ2n) is 16.8. The van der Waals surface area contributed by atoms with Crippen LogP contribution in [0.15, 0.2) is 12.7 Å². The van der Waals surface area contributed by atoms with Crippen LogP contribution >= 0.6 is 15.2 Å². The van der Waals surface area contributed by atoms with Gasteiger partial charge in [-0.3, -0.25) is 18.3 Å². The van der Waals surface area contributed by atoms with Crippen molar-refractivity contribution in [3.8, 4) is 0 Å². The van der Waals surface area contributed by atoms with Crippen molar-refractivity contribution < 1.29 is 87.1 Å². The first-order chi connectivity index (χ1) is 30.4. The van der Waals surface area contributed by atoms with Crippen LogP contribution in [0.4, 0.5) is 11.6 Å². The Morgan fingerprint density at radius 1 is 0.652 bits per heavy atom. The zero-order valence-electron chi connectivity index (χ0n) is 36.2. The summed E-state index contributed by atoms with van der Waals surface area (Å²) in [6.07, 6.45) is -8.42. The summed E-state index contributed by atoms with van der Waals surface area (Å²) in [6, 6.07) is 0. The molecule has 10 atom stereocenters. The number of ether oxygens (including phenoxy) is 6. The number of carbonyl (C=O) groups excluding carboxylic acids is 2. The fraction of sp³-hybridized carbons (Fsp3) is 0.647. The average molecular weight is 981 g/mol. The molecule has 32 heteroatoms. The predicted octanol–water partition coefficient (Wildman–Crippen LogP) is -3.30. The number of hydrogen-bond acceptors (Lipinski definition) is 24. The van der Waals surface area contributed by atoms with E-state index in [4.69, 9.17) is 51.4 Å². The maximum Gasteiger partial charge on any atom is 0.365 e. The Hall–Kier alpha value is -4.46. The third-order valence-corrected chi connectivity index (χ3v) is 11.2. The number of aromatic nitrogens is 8. The molecular formula is C34H54N12O18P2. The molecule has 0 spiro atoms. The van der Waals surface area contributed by atoms with Gasteiger partial charge in [0.2, 0.25) is 0 Å². The molecule has 6 heterocycles. The van der Waals surface area contributed by atoms with Gasteiger partial charge in [-0.25, -0.2) is 39.5 Å². The lowest BCUT2D eigenvalue weighted by molar-refractivity contribution is -0.167. The molecule has 16 N–H and O–H groups in total. The largest absolute Gasteiger partial charge is 0.458 e. The Morgan fingerprint density at radius 3 is 1.27 bits per heavy atom. The average Bonchev–Trinajstić information content (AvgIpc) is 3.94. The Labute approximate surface area is 373 Å². The van der Waals surface area contributed by atoms with E-state index >= 15 is 0 Å². The van der Waals surface area contributed by atoms with Gasteiger partial charge in [-0.15, -0.1) is 0 Å². The molecule has 0 unspecified atom stereocenters. The molecule has 66 heavy (non-hydrogen) atoms. The van der Waals surface area contributed by atoms with Crippen LogP contribution in [0.2, 0.25) is 0 Å². The van der Waals surface area contributed by atoms with Gasteiger partial charge in [0.25, 0.3) is 11.7 Å². The van der Waals surface area contributed by atoms with E-state index in [2.05, 4.69) is 29.9 Å². The summed E-state index contributed by atoms with van der Waals surface area (Å²) in [5, 5.41) is 41.9. The number of imidazole rings is 2. The Morgan fingerprint density at radius 2 is 0.985 bits per heavy atom. The highest BCUT2D eigenvalue weighted by molar-refractivity contribution is 7.53. The smallest absolute Gasteiger partial charge is 0.365 e. The molecule has 2 aliphatic rings. The highest BCUT2D eigenvalue weighted by atomic mass is 31.2. The normalized spacial score (nSPS) is 24.8. The molecule has 0 bridgehead atoms. The molecule has 4 aromatic rings. The number of nitrogen functional groups attached to an aromatic ring is 2. The number of aliphatic hydroxyl groups is 4. The number of nitrogens with zero attached hydrogens (tertiary/aromatic N) is 8. The van der Waals surface area contributed by atoms with Crippen LogP contribution in [0.5, 0.6) is 0 Å². The van der Waals surface area contributed by atoms with E-state index in [0.29, 0.717) is 0 Å². The van der Waals surface area contributed by atoms with E-state index in [-0.39, 0.29) is 58.7 Å². The summed E-state index contributed by atoms with van der Waals surface area (Å²) < 4.78 is 57.7. The van der Waals surface area contributed by atoms with Gasteiger partial charge in [0, 0.05) is 0 Å². The highest BCUT2D eigenvalue weighted by Gasteiger charge is 2.49. The van der Waals surface area contributed by atoms with Crippen LogP contribution in [0.1, 0.15) is 65.6 Å². The van der Waals surface area contributed by atoms with Gasteiger partial charge in [-0.05, 0) is 41.5 Å². The van der Waals surface area contributed by atoms with Crippen molar-refractivity contribution in [1.29, 1.82) is 0 Å². The molecule has 0 saturated carbocycles. The first-order valence-corrected chi connectivity index (χ1v) is 23.0. The molecule has 6 rings (SSSR count). The van der Waals surface area contributed by atoms with Crippen molar-refractivity contribution in [3.63, 3.8) is 0 Å². The quantitative estimate of drug-likeness (QED) is 0.0435. The number of anilines is 2. The van der Waals surface area contributed by atoms with Crippen LogP contribution in [0.3, 0.4) is 0 Å². The number of rotatable bonds is 14. The van der Waals surface area contributed by atoms with Crippen molar-refractivity contribution in [2.75, 3.05) is 24.7 Å². The SMILES string of the molecule is CC(C)(C)OC(=O)[C@@H](OC[C@H]1O[C@@H](n2cnc3c(N)nc(CN)nc32)[C@H](O)[C@@H]1O)P(=O)(O)O.CC(C)(C)OC(=O)[C@H](OC[C@H]1O[C@@H](n2cnc3c(N)nc(CN)nc32)[C@H](O)[C@@H]1O)P(=O)(O)O. The van der Waals surface area contributed by atoms with Crippen molar-refractivity contribution in [2.45, 2.75) is 127 Å². The third kappa shape index (κ3) is 12.2. The minimum atomic E-state index is -5.07. The number of fused-ring (bicyclic) bond motifs is 2. The number of hydrogen-bond donors (Lipinski definition) is 12. The summed E-state index contributed by atoms with van der Waals surface area (Å²) in [7, 11) is -10.1. The second kappa shape index (κ2) is 20.0. The molecule has 2 aliphatic heterocycles. The number of nitrogens with two attached hydrogens (primary N) is 4. The number of aliphatic hydroxyl groups excluding tert-OH is 4.